The van der Waals surface area contributed by atoms with Gasteiger partial charge in [-0.05, 0) is 31.0 Å². The number of piperazine rings is 1. The zero-order valence-corrected chi connectivity index (χ0v) is 11.3. The van der Waals surface area contributed by atoms with Gasteiger partial charge in [-0.15, -0.1) is 12.4 Å². The van der Waals surface area contributed by atoms with Crippen molar-refractivity contribution in [3.8, 4) is 0 Å². The molecule has 2 saturated heterocycles. The third-order valence-corrected chi connectivity index (χ3v) is 4.08. The molecule has 0 aliphatic carbocycles. The average molecular weight is 281 g/mol. The molecule has 102 valence electrons. The van der Waals surface area contributed by atoms with E-state index in [2.05, 4.69) is 32.3 Å². The van der Waals surface area contributed by atoms with Crippen molar-refractivity contribution in [2.75, 3.05) is 18.0 Å². The molecule has 0 unspecified atom stereocenters. The van der Waals surface area contributed by atoms with Gasteiger partial charge in [-0.3, -0.25) is 0 Å². The molecule has 2 fully saturated rings. The van der Waals surface area contributed by atoms with E-state index in [0.717, 1.165) is 24.1 Å². The van der Waals surface area contributed by atoms with Gasteiger partial charge >= 0.3 is 5.69 Å². The van der Waals surface area contributed by atoms with E-state index < -0.39 is 0 Å². The number of fused-ring (bicyclic) bond motifs is 3. The summed E-state index contributed by atoms with van der Waals surface area (Å²) < 4.78 is 0. The summed E-state index contributed by atoms with van der Waals surface area (Å²) in [6.45, 7) is 2.13. The van der Waals surface area contributed by atoms with Crippen LogP contribution in [0.5, 0.6) is 0 Å². The summed E-state index contributed by atoms with van der Waals surface area (Å²) in [6, 6.07) is 7.40. The Hall–Kier alpha value is -1.46. The minimum absolute atomic E-state index is 0. The van der Waals surface area contributed by atoms with Gasteiger partial charge in [0.2, 0.25) is 0 Å². The molecular weight excluding hydrogens is 264 g/mol. The first-order valence-electron chi connectivity index (χ1n) is 6.51. The molecule has 1 aromatic heterocycles. The van der Waals surface area contributed by atoms with Crippen molar-refractivity contribution in [1.82, 2.24) is 15.3 Å². The summed E-state index contributed by atoms with van der Waals surface area (Å²) in [5.41, 5.74) is 2.84. The van der Waals surface area contributed by atoms with Crippen LogP contribution in [-0.2, 0) is 0 Å². The smallest absolute Gasteiger partial charge is 0.323 e. The SMILES string of the molecule is Cl.O=c1[nH]c2ccc(N3C[C@H]4CC[C@@H](C3)N4)cc2[nH]1. The number of rotatable bonds is 1. The standard InChI is InChI=1S/C13H16N4O.ClH/c18-13-15-11-4-3-10(5-12(11)16-13)17-6-8-1-2-9(7-17)14-8;/h3-5,8-9,14H,1-2,6-7H2,(H2,15,16,18);1H/t8-,9+;. The van der Waals surface area contributed by atoms with Gasteiger partial charge in [0.25, 0.3) is 0 Å². The molecule has 0 spiro atoms. The quantitative estimate of drug-likeness (QED) is 0.736. The van der Waals surface area contributed by atoms with Gasteiger partial charge < -0.3 is 20.2 Å². The Morgan fingerprint density at radius 1 is 1.05 bits per heavy atom. The maximum atomic E-state index is 11.3. The van der Waals surface area contributed by atoms with Crippen LogP contribution in [0.4, 0.5) is 5.69 Å². The number of benzene rings is 1. The van der Waals surface area contributed by atoms with Crippen LogP contribution in [0.2, 0.25) is 0 Å². The lowest BCUT2D eigenvalue weighted by Gasteiger charge is -2.34. The number of hydrogen-bond acceptors (Lipinski definition) is 3. The molecule has 3 heterocycles. The highest BCUT2D eigenvalue weighted by molar-refractivity contribution is 5.85. The molecule has 6 heteroatoms. The van der Waals surface area contributed by atoms with E-state index in [9.17, 15) is 4.79 Å². The van der Waals surface area contributed by atoms with E-state index in [0.29, 0.717) is 12.1 Å². The van der Waals surface area contributed by atoms with Crippen LogP contribution in [0.1, 0.15) is 12.8 Å². The van der Waals surface area contributed by atoms with Gasteiger partial charge in [0.05, 0.1) is 11.0 Å². The molecule has 2 aliphatic heterocycles. The molecular formula is C13H17ClN4O. The van der Waals surface area contributed by atoms with Crippen LogP contribution in [-0.4, -0.2) is 35.1 Å². The van der Waals surface area contributed by atoms with E-state index in [1.165, 1.54) is 18.5 Å². The summed E-state index contributed by atoms with van der Waals surface area (Å²) in [6.07, 6.45) is 2.56. The maximum absolute atomic E-state index is 11.3. The summed E-state index contributed by atoms with van der Waals surface area (Å²) in [5.74, 6) is 0. The summed E-state index contributed by atoms with van der Waals surface area (Å²) in [7, 11) is 0. The predicted molar refractivity (Wildman–Crippen MR) is 78.3 cm³/mol. The third-order valence-electron chi connectivity index (χ3n) is 4.08. The first-order chi connectivity index (χ1) is 8.78. The van der Waals surface area contributed by atoms with Crippen LogP contribution in [0, 0.1) is 0 Å². The molecule has 0 saturated carbocycles. The second kappa shape index (κ2) is 4.58. The average Bonchev–Trinajstić information content (AvgIpc) is 2.89. The van der Waals surface area contributed by atoms with Gasteiger partial charge in [0.1, 0.15) is 0 Å². The fraction of sp³-hybridized carbons (Fsp3) is 0.462. The van der Waals surface area contributed by atoms with Gasteiger partial charge in [-0.2, -0.15) is 0 Å². The molecule has 4 rings (SSSR count). The molecule has 1 aromatic carbocycles. The van der Waals surface area contributed by atoms with E-state index in [-0.39, 0.29) is 18.1 Å². The lowest BCUT2D eigenvalue weighted by atomic mass is 10.2. The van der Waals surface area contributed by atoms with Gasteiger partial charge in [-0.25, -0.2) is 4.79 Å². The van der Waals surface area contributed by atoms with Crippen molar-refractivity contribution in [1.29, 1.82) is 0 Å². The number of hydrogen-bond donors (Lipinski definition) is 3. The van der Waals surface area contributed by atoms with Crippen LogP contribution in [0.3, 0.4) is 0 Å². The van der Waals surface area contributed by atoms with Crippen molar-refractivity contribution in [2.24, 2.45) is 0 Å². The number of H-pyrrole nitrogens is 2. The molecule has 0 amide bonds. The molecule has 19 heavy (non-hydrogen) atoms. The number of nitrogens with zero attached hydrogens (tertiary/aromatic N) is 1. The molecule has 2 aliphatic rings. The lowest BCUT2D eigenvalue weighted by Crippen LogP contribution is -2.51. The lowest BCUT2D eigenvalue weighted by molar-refractivity contribution is 0.466. The normalized spacial score (nSPS) is 25.6. The Morgan fingerprint density at radius 3 is 2.47 bits per heavy atom. The number of halogens is 1. The second-order valence-corrected chi connectivity index (χ2v) is 5.35. The first kappa shape index (κ1) is 12.6. The van der Waals surface area contributed by atoms with Crippen molar-refractivity contribution in [2.45, 2.75) is 24.9 Å². The monoisotopic (exact) mass is 280 g/mol. The minimum Gasteiger partial charge on any atom is -0.368 e. The molecule has 2 aromatic rings. The number of aromatic amines is 2. The summed E-state index contributed by atoms with van der Waals surface area (Å²) in [4.78, 5) is 19.3. The highest BCUT2D eigenvalue weighted by Gasteiger charge is 2.32. The topological polar surface area (TPSA) is 63.9 Å². The Balaban J connectivity index is 0.00000110. The number of aromatic nitrogens is 2. The van der Waals surface area contributed by atoms with E-state index in [1.54, 1.807) is 0 Å². The zero-order valence-electron chi connectivity index (χ0n) is 10.5. The Morgan fingerprint density at radius 2 is 1.74 bits per heavy atom. The van der Waals surface area contributed by atoms with Crippen molar-refractivity contribution in [3.05, 3.63) is 28.7 Å². The predicted octanol–water partition coefficient (Wildman–Crippen LogP) is 1.22. The van der Waals surface area contributed by atoms with Crippen LogP contribution < -0.4 is 15.9 Å². The molecule has 5 nitrogen and oxygen atoms in total. The van der Waals surface area contributed by atoms with Crippen molar-refractivity contribution < 1.29 is 0 Å². The number of nitrogens with one attached hydrogen (secondary N) is 3. The van der Waals surface area contributed by atoms with Gasteiger partial charge in [0.15, 0.2) is 0 Å². The van der Waals surface area contributed by atoms with Crippen LogP contribution in [0.25, 0.3) is 11.0 Å². The second-order valence-electron chi connectivity index (χ2n) is 5.35. The molecule has 0 radical (unpaired) electrons. The highest BCUT2D eigenvalue weighted by atomic mass is 35.5. The van der Waals surface area contributed by atoms with E-state index in [4.69, 9.17) is 0 Å². The maximum Gasteiger partial charge on any atom is 0.323 e. The minimum atomic E-state index is -0.137. The molecule has 3 N–H and O–H groups in total. The van der Waals surface area contributed by atoms with Gasteiger partial charge in [0, 0.05) is 30.9 Å². The van der Waals surface area contributed by atoms with E-state index in [1.807, 2.05) is 6.07 Å². The van der Waals surface area contributed by atoms with E-state index >= 15 is 0 Å². The van der Waals surface area contributed by atoms with Gasteiger partial charge in [-0.1, -0.05) is 0 Å². The Labute approximate surface area is 116 Å². The van der Waals surface area contributed by atoms with Crippen molar-refractivity contribution in [3.63, 3.8) is 0 Å². The molecule has 2 bridgehead atoms. The number of imidazole rings is 1. The highest BCUT2D eigenvalue weighted by Crippen LogP contribution is 2.26. The fourth-order valence-electron chi connectivity index (χ4n) is 3.22. The number of anilines is 1. The Bertz CT molecular complexity index is 637. The summed E-state index contributed by atoms with van der Waals surface area (Å²) >= 11 is 0. The van der Waals surface area contributed by atoms with Crippen LogP contribution >= 0.6 is 12.4 Å². The first-order valence-corrected chi connectivity index (χ1v) is 6.51. The molecule has 2 atom stereocenters. The largest absolute Gasteiger partial charge is 0.368 e. The zero-order chi connectivity index (χ0) is 12.1. The van der Waals surface area contributed by atoms with Crippen LogP contribution in [0.15, 0.2) is 23.0 Å². The fourth-order valence-corrected chi connectivity index (χ4v) is 3.22. The Kier molecular flexibility index (Phi) is 3.03. The van der Waals surface area contributed by atoms with Crippen molar-refractivity contribution >= 4 is 29.1 Å². The summed E-state index contributed by atoms with van der Waals surface area (Å²) in [5, 5.41) is 3.63. The third kappa shape index (κ3) is 2.13.